The second-order valence-electron chi connectivity index (χ2n) is 6.25. The van der Waals surface area contributed by atoms with E-state index in [9.17, 15) is 27.9 Å². The molecule has 0 bridgehead atoms. The predicted molar refractivity (Wildman–Crippen MR) is 115 cm³/mol. The molecule has 0 saturated carbocycles. The highest BCUT2D eigenvalue weighted by Crippen LogP contribution is 2.36. The van der Waals surface area contributed by atoms with Crippen LogP contribution in [0.2, 0.25) is 5.02 Å². The van der Waals surface area contributed by atoms with Crippen LogP contribution in [0, 0.1) is 0 Å². The van der Waals surface area contributed by atoms with Gasteiger partial charge in [-0.15, -0.1) is 23.5 Å². The maximum Gasteiger partial charge on any atom is 0.416 e. The molecule has 2 aromatic rings. The summed E-state index contributed by atoms with van der Waals surface area (Å²) >= 11 is 8.46. The highest BCUT2D eigenvalue weighted by atomic mass is 35.5. The van der Waals surface area contributed by atoms with Crippen LogP contribution in [0.3, 0.4) is 0 Å². The zero-order chi connectivity index (χ0) is 22.6. The summed E-state index contributed by atoms with van der Waals surface area (Å²) in [5.74, 6) is -0.257. The van der Waals surface area contributed by atoms with E-state index in [0.717, 1.165) is 23.9 Å². The van der Waals surface area contributed by atoms with E-state index in [1.807, 2.05) is 0 Å². The molecule has 0 aromatic heterocycles. The lowest BCUT2D eigenvalue weighted by Crippen LogP contribution is -2.19. The number of alkyl halides is 3. The van der Waals surface area contributed by atoms with Crippen LogP contribution >= 0.6 is 35.1 Å². The zero-order valence-electron chi connectivity index (χ0n) is 15.7. The van der Waals surface area contributed by atoms with Crippen molar-refractivity contribution in [3.63, 3.8) is 0 Å². The van der Waals surface area contributed by atoms with Gasteiger partial charge in [0.2, 0.25) is 0 Å². The van der Waals surface area contributed by atoms with Gasteiger partial charge in [0.25, 0.3) is 5.91 Å². The Labute approximate surface area is 189 Å². The highest BCUT2D eigenvalue weighted by molar-refractivity contribution is 8.11. The van der Waals surface area contributed by atoms with Crippen molar-refractivity contribution < 1.29 is 32.6 Å². The lowest BCUT2D eigenvalue weighted by atomic mass is 10.1. The van der Waals surface area contributed by atoms with Crippen LogP contribution in [0.25, 0.3) is 0 Å². The average molecular weight is 490 g/mol. The Morgan fingerprint density at radius 2 is 1.81 bits per heavy atom. The number of amides is 1. The maximum atomic E-state index is 12.8. The van der Waals surface area contributed by atoms with E-state index in [1.165, 1.54) is 42.1 Å². The summed E-state index contributed by atoms with van der Waals surface area (Å²) in [4.78, 5) is 23.9. The number of carbonyl (C=O) groups is 2. The van der Waals surface area contributed by atoms with E-state index < -0.39 is 23.6 Å². The number of carboxylic acids is 1. The normalized spacial score (nSPS) is 14.3. The third-order valence-electron chi connectivity index (χ3n) is 4.02. The van der Waals surface area contributed by atoms with Crippen LogP contribution in [0.5, 0.6) is 5.75 Å². The van der Waals surface area contributed by atoms with Gasteiger partial charge in [0.15, 0.2) is 0 Å². The molecule has 0 fully saturated rings. The summed E-state index contributed by atoms with van der Waals surface area (Å²) in [5, 5.41) is 12.0. The number of hydrogen-bond donors (Lipinski definition) is 2. The molecule has 1 aliphatic heterocycles. The standard InChI is InChI=1S/C20H15ClF3NO4S2/c21-14-9-13(25-18(26)16-17(19(27)28)31-7-6-30-16)4-5-15(14)29-10-11-2-1-3-12(8-11)20(22,23)24/h1-5,8-9H,6-7,10H2,(H,25,26)(H,27,28). The minimum absolute atomic E-state index is 0.000822. The quantitative estimate of drug-likeness (QED) is 0.546. The van der Waals surface area contributed by atoms with E-state index in [2.05, 4.69) is 5.32 Å². The lowest BCUT2D eigenvalue weighted by molar-refractivity contribution is -0.137. The van der Waals surface area contributed by atoms with Gasteiger partial charge in [-0.05, 0) is 35.9 Å². The number of hydrogen-bond acceptors (Lipinski definition) is 5. The van der Waals surface area contributed by atoms with E-state index in [-0.39, 0.29) is 27.2 Å². The zero-order valence-corrected chi connectivity index (χ0v) is 18.1. The van der Waals surface area contributed by atoms with Crippen LogP contribution in [-0.2, 0) is 22.4 Å². The van der Waals surface area contributed by atoms with Crippen LogP contribution in [0.15, 0.2) is 52.3 Å². The molecule has 3 rings (SSSR count). The van der Waals surface area contributed by atoms with Gasteiger partial charge in [-0.1, -0.05) is 23.7 Å². The van der Waals surface area contributed by atoms with Crippen LogP contribution in [0.1, 0.15) is 11.1 Å². The molecule has 0 atom stereocenters. The molecule has 1 amide bonds. The largest absolute Gasteiger partial charge is 0.487 e. The molecular weight excluding hydrogens is 475 g/mol. The number of aliphatic carboxylic acids is 1. The van der Waals surface area contributed by atoms with Gasteiger partial charge < -0.3 is 15.2 Å². The van der Waals surface area contributed by atoms with Crippen LogP contribution in [0.4, 0.5) is 18.9 Å². The smallest absolute Gasteiger partial charge is 0.416 e. The number of nitrogens with one attached hydrogen (secondary N) is 1. The third-order valence-corrected chi connectivity index (χ3v) is 6.87. The first-order chi connectivity index (χ1) is 14.6. The Hall–Kier alpha value is -2.30. The molecule has 2 N–H and O–H groups in total. The molecule has 0 spiro atoms. The summed E-state index contributed by atoms with van der Waals surface area (Å²) in [7, 11) is 0. The average Bonchev–Trinajstić information content (AvgIpc) is 2.72. The first-order valence-electron chi connectivity index (χ1n) is 8.78. The van der Waals surface area contributed by atoms with Crippen molar-refractivity contribution in [1.29, 1.82) is 0 Å². The van der Waals surface area contributed by atoms with Gasteiger partial charge in [0.1, 0.15) is 17.3 Å². The molecule has 1 aliphatic rings. The Bertz CT molecular complexity index is 1040. The molecule has 0 saturated heterocycles. The van der Waals surface area contributed by atoms with Gasteiger partial charge in [-0.3, -0.25) is 4.79 Å². The predicted octanol–water partition coefficient (Wildman–Crippen LogP) is 5.65. The summed E-state index contributed by atoms with van der Waals surface area (Å²) in [6, 6.07) is 9.17. The summed E-state index contributed by atoms with van der Waals surface area (Å²) in [5.41, 5.74) is -0.121. The van der Waals surface area contributed by atoms with Crippen molar-refractivity contribution in [2.24, 2.45) is 0 Å². The van der Waals surface area contributed by atoms with Crippen molar-refractivity contribution in [2.45, 2.75) is 12.8 Å². The number of carboxylic acid groups (broad SMARTS) is 1. The Morgan fingerprint density at radius 3 is 2.45 bits per heavy atom. The second kappa shape index (κ2) is 9.88. The second-order valence-corrected chi connectivity index (χ2v) is 8.86. The van der Waals surface area contributed by atoms with Crippen molar-refractivity contribution in [1.82, 2.24) is 0 Å². The van der Waals surface area contributed by atoms with Crippen molar-refractivity contribution in [2.75, 3.05) is 16.8 Å². The molecule has 2 aromatic carbocycles. The first kappa shape index (κ1) is 23.4. The fourth-order valence-electron chi connectivity index (χ4n) is 2.63. The number of rotatable bonds is 6. The fourth-order valence-corrected chi connectivity index (χ4v) is 5.04. The molecule has 164 valence electrons. The topological polar surface area (TPSA) is 75.6 Å². The van der Waals surface area contributed by atoms with Crippen molar-refractivity contribution in [3.8, 4) is 5.75 Å². The summed E-state index contributed by atoms with van der Waals surface area (Å²) in [6.07, 6.45) is -4.45. The Morgan fingerprint density at radius 1 is 1.10 bits per heavy atom. The number of ether oxygens (including phenoxy) is 1. The van der Waals surface area contributed by atoms with Gasteiger partial charge in [0.05, 0.1) is 15.5 Å². The van der Waals surface area contributed by atoms with Crippen molar-refractivity contribution >= 4 is 52.7 Å². The van der Waals surface area contributed by atoms with Gasteiger partial charge in [-0.2, -0.15) is 13.2 Å². The Kier molecular flexibility index (Phi) is 7.45. The summed E-state index contributed by atoms with van der Waals surface area (Å²) in [6.45, 7) is -0.127. The molecule has 0 radical (unpaired) electrons. The highest BCUT2D eigenvalue weighted by Gasteiger charge is 2.30. The maximum absolute atomic E-state index is 12.8. The number of anilines is 1. The van der Waals surface area contributed by atoms with Crippen molar-refractivity contribution in [3.05, 3.63) is 68.4 Å². The molecule has 0 aliphatic carbocycles. The number of carbonyl (C=O) groups excluding carboxylic acids is 1. The number of halogens is 4. The minimum Gasteiger partial charge on any atom is -0.487 e. The van der Waals surface area contributed by atoms with Gasteiger partial charge >= 0.3 is 12.1 Å². The molecule has 5 nitrogen and oxygen atoms in total. The Balaban J connectivity index is 1.68. The van der Waals surface area contributed by atoms with Gasteiger partial charge in [-0.25, -0.2) is 4.79 Å². The fraction of sp³-hybridized carbons (Fsp3) is 0.200. The summed E-state index contributed by atoms with van der Waals surface area (Å²) < 4.78 is 43.9. The number of thioether (sulfide) groups is 2. The molecule has 1 heterocycles. The monoisotopic (exact) mass is 489 g/mol. The first-order valence-corrected chi connectivity index (χ1v) is 11.1. The molecular formula is C20H15ClF3NO4S2. The van der Waals surface area contributed by atoms with Crippen LogP contribution in [-0.4, -0.2) is 28.5 Å². The minimum atomic E-state index is -4.45. The van der Waals surface area contributed by atoms with Crippen LogP contribution < -0.4 is 10.1 Å². The van der Waals surface area contributed by atoms with E-state index in [0.29, 0.717) is 22.8 Å². The van der Waals surface area contributed by atoms with E-state index in [1.54, 1.807) is 0 Å². The molecule has 0 unspecified atom stereocenters. The third kappa shape index (κ3) is 6.11. The van der Waals surface area contributed by atoms with Gasteiger partial charge in [0, 0.05) is 17.2 Å². The SMILES string of the molecule is O=C(O)C1=C(C(=O)Nc2ccc(OCc3cccc(C(F)(F)F)c3)c(Cl)c2)SCCS1. The van der Waals surface area contributed by atoms with E-state index in [4.69, 9.17) is 16.3 Å². The lowest BCUT2D eigenvalue weighted by Gasteiger charge is -2.16. The van der Waals surface area contributed by atoms with E-state index >= 15 is 0 Å². The molecule has 11 heteroatoms. The molecule has 31 heavy (non-hydrogen) atoms. The number of benzene rings is 2.